The molecule has 0 atom stereocenters. The lowest BCUT2D eigenvalue weighted by Crippen LogP contribution is -1.98. The third kappa shape index (κ3) is 2.98. The molecular weight excluding hydrogens is 314 g/mol. The summed E-state index contributed by atoms with van der Waals surface area (Å²) >= 11 is 6.20. The molecule has 2 N–H and O–H groups in total. The molecule has 2 aromatic heterocycles. The fourth-order valence-corrected chi connectivity index (χ4v) is 2.52. The summed E-state index contributed by atoms with van der Waals surface area (Å²) in [5.41, 5.74) is 2.27. The second-order valence-electron chi connectivity index (χ2n) is 5.50. The molecule has 7 heteroatoms. The van der Waals surface area contributed by atoms with Gasteiger partial charge in [-0.15, -0.1) is 0 Å². The molecular formula is C16H14ClN5O. The number of phenols is 1. The van der Waals surface area contributed by atoms with E-state index in [1.54, 1.807) is 36.7 Å². The van der Waals surface area contributed by atoms with Crippen molar-refractivity contribution in [3.63, 3.8) is 0 Å². The molecule has 1 aromatic carbocycles. The standard InChI is InChI=1S/C16H14ClN5O/c17-14-8-18-16(20-11-7-19-22(9-11)12-3-4-12)21-15(14)10-1-5-13(23)6-2-10/h1-2,5-9,12,23H,3-4H2,(H,18,20,21). The number of phenolic OH excluding ortho intramolecular Hbond substituents is 1. The van der Waals surface area contributed by atoms with Gasteiger partial charge in [0.15, 0.2) is 0 Å². The van der Waals surface area contributed by atoms with Crippen LogP contribution in [0.4, 0.5) is 11.6 Å². The largest absolute Gasteiger partial charge is 0.508 e. The highest BCUT2D eigenvalue weighted by atomic mass is 35.5. The third-order valence-electron chi connectivity index (χ3n) is 3.66. The first kappa shape index (κ1) is 14.0. The highest BCUT2D eigenvalue weighted by molar-refractivity contribution is 6.32. The minimum Gasteiger partial charge on any atom is -0.508 e. The Morgan fingerprint density at radius 1 is 1.17 bits per heavy atom. The van der Waals surface area contributed by atoms with Gasteiger partial charge in [0.2, 0.25) is 5.95 Å². The zero-order chi connectivity index (χ0) is 15.8. The van der Waals surface area contributed by atoms with E-state index in [9.17, 15) is 5.11 Å². The number of nitrogens with zero attached hydrogens (tertiary/aromatic N) is 4. The number of hydrogen-bond donors (Lipinski definition) is 2. The van der Waals surface area contributed by atoms with Gasteiger partial charge >= 0.3 is 0 Å². The van der Waals surface area contributed by atoms with Crippen molar-refractivity contribution < 1.29 is 5.11 Å². The Bertz CT molecular complexity index is 842. The quantitative estimate of drug-likeness (QED) is 0.762. The zero-order valence-corrected chi connectivity index (χ0v) is 12.9. The van der Waals surface area contributed by atoms with E-state index in [4.69, 9.17) is 11.6 Å². The zero-order valence-electron chi connectivity index (χ0n) is 12.1. The Labute approximate surface area is 137 Å². The maximum atomic E-state index is 9.39. The van der Waals surface area contributed by atoms with Crippen molar-refractivity contribution in [2.45, 2.75) is 18.9 Å². The molecule has 0 bridgehead atoms. The van der Waals surface area contributed by atoms with E-state index in [0.717, 1.165) is 11.3 Å². The minimum absolute atomic E-state index is 0.199. The number of aromatic hydroxyl groups is 1. The molecule has 6 nitrogen and oxygen atoms in total. The second-order valence-corrected chi connectivity index (χ2v) is 5.91. The van der Waals surface area contributed by atoms with Crippen LogP contribution in [0.3, 0.4) is 0 Å². The van der Waals surface area contributed by atoms with Gasteiger partial charge in [0.05, 0.1) is 34.8 Å². The van der Waals surface area contributed by atoms with Gasteiger partial charge in [-0.1, -0.05) is 11.6 Å². The third-order valence-corrected chi connectivity index (χ3v) is 3.94. The van der Waals surface area contributed by atoms with Crippen LogP contribution in [-0.4, -0.2) is 24.9 Å². The van der Waals surface area contributed by atoms with Crippen LogP contribution in [0.1, 0.15) is 18.9 Å². The Kier molecular flexibility index (Phi) is 3.38. The van der Waals surface area contributed by atoms with Crippen LogP contribution >= 0.6 is 11.6 Å². The van der Waals surface area contributed by atoms with Crippen LogP contribution in [0.2, 0.25) is 5.02 Å². The van der Waals surface area contributed by atoms with E-state index >= 15 is 0 Å². The number of halogens is 1. The summed E-state index contributed by atoms with van der Waals surface area (Å²) in [5, 5.41) is 17.3. The first-order valence-corrected chi connectivity index (χ1v) is 7.70. The normalized spacial score (nSPS) is 14.0. The van der Waals surface area contributed by atoms with E-state index in [1.165, 1.54) is 12.8 Å². The summed E-state index contributed by atoms with van der Waals surface area (Å²) in [7, 11) is 0. The van der Waals surface area contributed by atoms with Gasteiger partial charge in [-0.3, -0.25) is 4.68 Å². The van der Waals surface area contributed by atoms with Gasteiger partial charge in [0, 0.05) is 11.8 Å². The molecule has 1 aliphatic rings. The predicted octanol–water partition coefficient (Wildman–Crippen LogP) is 3.78. The summed E-state index contributed by atoms with van der Waals surface area (Å²) < 4.78 is 1.96. The summed E-state index contributed by atoms with van der Waals surface area (Å²) in [6, 6.07) is 7.25. The van der Waals surface area contributed by atoms with Crippen molar-refractivity contribution in [1.29, 1.82) is 0 Å². The van der Waals surface area contributed by atoms with E-state index in [0.29, 0.717) is 22.7 Å². The molecule has 2 heterocycles. The van der Waals surface area contributed by atoms with Gasteiger partial charge in [-0.05, 0) is 37.1 Å². The summed E-state index contributed by atoms with van der Waals surface area (Å²) in [6.45, 7) is 0. The molecule has 0 aliphatic heterocycles. The van der Waals surface area contributed by atoms with E-state index in [2.05, 4.69) is 20.4 Å². The van der Waals surface area contributed by atoms with E-state index < -0.39 is 0 Å². The van der Waals surface area contributed by atoms with E-state index in [-0.39, 0.29) is 5.75 Å². The molecule has 0 radical (unpaired) electrons. The maximum absolute atomic E-state index is 9.39. The number of aromatic nitrogens is 4. The Morgan fingerprint density at radius 2 is 1.96 bits per heavy atom. The summed E-state index contributed by atoms with van der Waals surface area (Å²) in [5.74, 6) is 0.651. The molecule has 1 saturated carbocycles. The Balaban J connectivity index is 1.61. The Hall–Kier alpha value is -2.60. The number of benzene rings is 1. The molecule has 0 saturated heterocycles. The number of rotatable bonds is 4. The molecule has 3 aromatic rings. The fourth-order valence-electron chi connectivity index (χ4n) is 2.32. The van der Waals surface area contributed by atoms with Crippen LogP contribution in [0.15, 0.2) is 42.9 Å². The topological polar surface area (TPSA) is 75.9 Å². The first-order chi connectivity index (χ1) is 11.2. The molecule has 0 amide bonds. The van der Waals surface area contributed by atoms with Gasteiger partial charge in [0.25, 0.3) is 0 Å². The number of nitrogens with one attached hydrogen (secondary N) is 1. The highest BCUT2D eigenvalue weighted by Gasteiger charge is 2.24. The smallest absolute Gasteiger partial charge is 0.227 e. The summed E-state index contributed by atoms with van der Waals surface area (Å²) in [4.78, 5) is 8.67. The maximum Gasteiger partial charge on any atom is 0.227 e. The van der Waals surface area contributed by atoms with Crippen molar-refractivity contribution in [3.05, 3.63) is 47.9 Å². The molecule has 116 valence electrons. The molecule has 1 aliphatic carbocycles. The minimum atomic E-state index is 0.199. The predicted molar refractivity (Wildman–Crippen MR) is 87.9 cm³/mol. The number of anilines is 2. The van der Waals surface area contributed by atoms with Crippen molar-refractivity contribution in [2.24, 2.45) is 0 Å². The number of hydrogen-bond acceptors (Lipinski definition) is 5. The average Bonchev–Trinajstić information content (AvgIpc) is 3.30. The lowest BCUT2D eigenvalue weighted by Gasteiger charge is -2.07. The molecule has 0 unspecified atom stereocenters. The lowest BCUT2D eigenvalue weighted by atomic mass is 10.1. The van der Waals surface area contributed by atoms with Gasteiger partial charge in [-0.2, -0.15) is 5.10 Å². The lowest BCUT2D eigenvalue weighted by molar-refractivity contribution is 0.475. The monoisotopic (exact) mass is 327 g/mol. The van der Waals surface area contributed by atoms with Gasteiger partial charge in [0.1, 0.15) is 5.75 Å². The van der Waals surface area contributed by atoms with E-state index in [1.807, 2.05) is 10.9 Å². The van der Waals surface area contributed by atoms with Crippen LogP contribution < -0.4 is 5.32 Å². The van der Waals surface area contributed by atoms with Gasteiger partial charge < -0.3 is 10.4 Å². The van der Waals surface area contributed by atoms with Crippen LogP contribution in [0.25, 0.3) is 11.3 Å². The van der Waals surface area contributed by atoms with Crippen molar-refractivity contribution in [2.75, 3.05) is 5.32 Å². The summed E-state index contributed by atoms with van der Waals surface area (Å²) in [6.07, 6.45) is 7.64. The average molecular weight is 328 g/mol. The van der Waals surface area contributed by atoms with Crippen molar-refractivity contribution in [1.82, 2.24) is 19.7 Å². The van der Waals surface area contributed by atoms with Crippen LogP contribution in [-0.2, 0) is 0 Å². The van der Waals surface area contributed by atoms with Crippen molar-refractivity contribution >= 4 is 23.2 Å². The van der Waals surface area contributed by atoms with Crippen LogP contribution in [0, 0.1) is 0 Å². The fraction of sp³-hybridized carbons (Fsp3) is 0.188. The molecule has 4 rings (SSSR count). The second kappa shape index (κ2) is 5.55. The highest BCUT2D eigenvalue weighted by Crippen LogP contribution is 2.35. The molecule has 1 fully saturated rings. The molecule has 23 heavy (non-hydrogen) atoms. The van der Waals surface area contributed by atoms with Crippen LogP contribution in [0.5, 0.6) is 5.75 Å². The first-order valence-electron chi connectivity index (χ1n) is 7.32. The van der Waals surface area contributed by atoms with Crippen molar-refractivity contribution in [3.8, 4) is 17.0 Å². The SMILES string of the molecule is Oc1ccc(-c2nc(Nc3cnn(C4CC4)c3)ncc2Cl)cc1. The van der Waals surface area contributed by atoms with Gasteiger partial charge in [-0.25, -0.2) is 9.97 Å². The Morgan fingerprint density at radius 3 is 2.70 bits per heavy atom. The molecule has 0 spiro atoms.